The van der Waals surface area contributed by atoms with Crippen LogP contribution in [0.3, 0.4) is 0 Å². The number of ether oxygens (including phenoxy) is 1. The Morgan fingerprint density at radius 2 is 2.05 bits per heavy atom. The Bertz CT molecular complexity index is 633. The van der Waals surface area contributed by atoms with E-state index in [1.54, 1.807) is 0 Å². The van der Waals surface area contributed by atoms with E-state index >= 15 is 0 Å². The van der Waals surface area contributed by atoms with E-state index in [2.05, 4.69) is 10.3 Å². The summed E-state index contributed by atoms with van der Waals surface area (Å²) in [6.07, 6.45) is 2.18. The van der Waals surface area contributed by atoms with E-state index in [-0.39, 0.29) is 5.91 Å². The fourth-order valence-electron chi connectivity index (χ4n) is 2.44. The number of carbonyl (C=O) groups is 1. The number of anilines is 2. The van der Waals surface area contributed by atoms with Crippen LogP contribution in [0, 0.1) is 0 Å². The molecule has 1 amide bonds. The smallest absolute Gasteiger partial charge is 0.273 e. The van der Waals surface area contributed by atoms with Crippen molar-refractivity contribution in [3.8, 4) is 5.75 Å². The Morgan fingerprint density at radius 1 is 1.32 bits per heavy atom. The first-order valence-corrected chi connectivity index (χ1v) is 8.39. The van der Waals surface area contributed by atoms with Gasteiger partial charge in [-0.15, -0.1) is 11.3 Å². The molecule has 0 saturated carbocycles. The van der Waals surface area contributed by atoms with Crippen LogP contribution in [0.15, 0.2) is 29.6 Å². The summed E-state index contributed by atoms with van der Waals surface area (Å²) < 4.78 is 5.41. The van der Waals surface area contributed by atoms with Gasteiger partial charge in [0, 0.05) is 24.2 Å². The number of amides is 1. The second-order valence-corrected chi connectivity index (χ2v) is 5.98. The van der Waals surface area contributed by atoms with Crippen LogP contribution >= 0.6 is 11.3 Å². The predicted octanol–water partition coefficient (Wildman–Crippen LogP) is 3.52. The lowest BCUT2D eigenvalue weighted by atomic mass is 10.3. The molecule has 1 aliphatic rings. The van der Waals surface area contributed by atoms with Crippen LogP contribution in [-0.2, 0) is 0 Å². The first kappa shape index (κ1) is 14.8. The fourth-order valence-corrected chi connectivity index (χ4v) is 3.14. The molecule has 5 nitrogen and oxygen atoms in total. The maximum absolute atomic E-state index is 12.3. The van der Waals surface area contributed by atoms with Crippen LogP contribution in [0.2, 0.25) is 0 Å². The molecule has 1 aliphatic heterocycles. The number of carbonyl (C=O) groups excluding carboxylic acids is 1. The molecule has 0 bridgehead atoms. The summed E-state index contributed by atoms with van der Waals surface area (Å²) in [6, 6.07) is 7.70. The average molecular weight is 317 g/mol. The summed E-state index contributed by atoms with van der Waals surface area (Å²) in [4.78, 5) is 18.5. The summed E-state index contributed by atoms with van der Waals surface area (Å²) in [5.74, 6) is 0.880. The number of aromatic nitrogens is 1. The topological polar surface area (TPSA) is 54.5 Å². The SMILES string of the molecule is CCOc1ccc(Nc2nc(C(=O)N3CCCC3)cs2)cc1. The van der Waals surface area contributed by atoms with Gasteiger partial charge in [0.15, 0.2) is 5.13 Å². The Balaban J connectivity index is 1.64. The van der Waals surface area contributed by atoms with Gasteiger partial charge in [0.1, 0.15) is 11.4 Å². The molecule has 0 radical (unpaired) electrons. The molecule has 3 rings (SSSR count). The Kier molecular flexibility index (Phi) is 4.58. The van der Waals surface area contributed by atoms with Crippen LogP contribution in [0.25, 0.3) is 0 Å². The van der Waals surface area contributed by atoms with Crippen molar-refractivity contribution in [1.29, 1.82) is 0 Å². The highest BCUT2D eigenvalue weighted by molar-refractivity contribution is 7.14. The maximum atomic E-state index is 12.3. The fraction of sp³-hybridized carbons (Fsp3) is 0.375. The van der Waals surface area contributed by atoms with Crippen molar-refractivity contribution in [2.75, 3.05) is 25.0 Å². The number of rotatable bonds is 5. The van der Waals surface area contributed by atoms with Crippen LogP contribution in [0.1, 0.15) is 30.3 Å². The van der Waals surface area contributed by atoms with E-state index in [9.17, 15) is 4.79 Å². The molecule has 1 N–H and O–H groups in total. The minimum Gasteiger partial charge on any atom is -0.494 e. The second-order valence-electron chi connectivity index (χ2n) is 5.12. The van der Waals surface area contributed by atoms with Crippen molar-refractivity contribution in [2.24, 2.45) is 0 Å². The molecule has 0 unspecified atom stereocenters. The van der Waals surface area contributed by atoms with Gasteiger partial charge in [0.25, 0.3) is 5.91 Å². The zero-order valence-corrected chi connectivity index (χ0v) is 13.4. The van der Waals surface area contributed by atoms with Gasteiger partial charge in [-0.2, -0.15) is 0 Å². The molecule has 0 spiro atoms. The molecular formula is C16H19N3O2S. The summed E-state index contributed by atoms with van der Waals surface area (Å²) >= 11 is 1.44. The molecule has 2 heterocycles. The molecule has 22 heavy (non-hydrogen) atoms. The highest BCUT2D eigenvalue weighted by atomic mass is 32.1. The van der Waals surface area contributed by atoms with Crippen LogP contribution < -0.4 is 10.1 Å². The number of hydrogen-bond acceptors (Lipinski definition) is 5. The van der Waals surface area contributed by atoms with Crippen LogP contribution in [-0.4, -0.2) is 35.5 Å². The Morgan fingerprint density at radius 3 is 2.73 bits per heavy atom. The highest BCUT2D eigenvalue weighted by Gasteiger charge is 2.21. The van der Waals surface area contributed by atoms with E-state index < -0.39 is 0 Å². The monoisotopic (exact) mass is 317 g/mol. The first-order chi connectivity index (χ1) is 10.8. The average Bonchev–Trinajstić information content (AvgIpc) is 3.20. The van der Waals surface area contributed by atoms with Crippen molar-refractivity contribution in [2.45, 2.75) is 19.8 Å². The van der Waals surface area contributed by atoms with Crippen molar-refractivity contribution >= 4 is 28.1 Å². The standard InChI is InChI=1S/C16H19N3O2S/c1-2-21-13-7-5-12(6-8-13)17-16-18-14(11-22-16)15(20)19-9-3-4-10-19/h5-8,11H,2-4,9-10H2,1H3,(H,17,18). The summed E-state index contributed by atoms with van der Waals surface area (Å²) in [7, 11) is 0. The molecule has 1 aromatic carbocycles. The van der Waals surface area contributed by atoms with Crippen molar-refractivity contribution < 1.29 is 9.53 Å². The predicted molar refractivity (Wildman–Crippen MR) is 88.1 cm³/mol. The number of hydrogen-bond donors (Lipinski definition) is 1. The maximum Gasteiger partial charge on any atom is 0.273 e. The van der Waals surface area contributed by atoms with Crippen molar-refractivity contribution in [3.63, 3.8) is 0 Å². The second kappa shape index (κ2) is 6.79. The van der Waals surface area contributed by atoms with Crippen molar-refractivity contribution in [1.82, 2.24) is 9.88 Å². The van der Waals surface area contributed by atoms with E-state index in [4.69, 9.17) is 4.74 Å². The lowest BCUT2D eigenvalue weighted by Gasteiger charge is -2.12. The molecule has 0 aliphatic carbocycles. The molecular weight excluding hydrogens is 298 g/mol. The lowest BCUT2D eigenvalue weighted by Crippen LogP contribution is -2.27. The van der Waals surface area contributed by atoms with Gasteiger partial charge in [-0.05, 0) is 44.0 Å². The van der Waals surface area contributed by atoms with Gasteiger partial charge in [-0.1, -0.05) is 0 Å². The minimum atomic E-state index is 0.0356. The molecule has 116 valence electrons. The molecule has 1 fully saturated rings. The zero-order chi connectivity index (χ0) is 15.4. The molecule has 1 aromatic heterocycles. The molecule has 1 saturated heterocycles. The largest absolute Gasteiger partial charge is 0.494 e. The Hall–Kier alpha value is -2.08. The minimum absolute atomic E-state index is 0.0356. The summed E-state index contributed by atoms with van der Waals surface area (Å²) in [5.41, 5.74) is 1.46. The van der Waals surface area contributed by atoms with Gasteiger partial charge in [-0.25, -0.2) is 4.98 Å². The lowest BCUT2D eigenvalue weighted by molar-refractivity contribution is 0.0788. The molecule has 6 heteroatoms. The van der Waals surface area contributed by atoms with E-state index in [1.165, 1.54) is 11.3 Å². The molecule has 2 aromatic rings. The third-order valence-corrected chi connectivity index (χ3v) is 4.29. The number of nitrogens with one attached hydrogen (secondary N) is 1. The van der Waals surface area contributed by atoms with Gasteiger partial charge in [0.2, 0.25) is 0 Å². The van der Waals surface area contributed by atoms with Gasteiger partial charge in [0.05, 0.1) is 6.61 Å². The zero-order valence-electron chi connectivity index (χ0n) is 12.5. The van der Waals surface area contributed by atoms with Crippen LogP contribution in [0.5, 0.6) is 5.75 Å². The van der Waals surface area contributed by atoms with E-state index in [0.29, 0.717) is 12.3 Å². The number of thiazole rings is 1. The van der Waals surface area contributed by atoms with Crippen LogP contribution in [0.4, 0.5) is 10.8 Å². The highest BCUT2D eigenvalue weighted by Crippen LogP contribution is 2.24. The first-order valence-electron chi connectivity index (χ1n) is 7.51. The number of likely N-dealkylation sites (tertiary alicyclic amines) is 1. The normalized spacial score (nSPS) is 14.1. The van der Waals surface area contributed by atoms with E-state index in [1.807, 2.05) is 41.5 Å². The summed E-state index contributed by atoms with van der Waals surface area (Å²) in [5, 5.41) is 5.77. The third kappa shape index (κ3) is 3.39. The summed E-state index contributed by atoms with van der Waals surface area (Å²) in [6.45, 7) is 4.30. The number of benzene rings is 1. The third-order valence-electron chi connectivity index (χ3n) is 3.53. The molecule has 0 atom stereocenters. The van der Waals surface area contributed by atoms with Crippen molar-refractivity contribution in [3.05, 3.63) is 35.3 Å². The van der Waals surface area contributed by atoms with E-state index in [0.717, 1.165) is 42.5 Å². The quantitative estimate of drug-likeness (QED) is 0.916. The Labute approximate surface area is 133 Å². The van der Waals surface area contributed by atoms with Gasteiger partial charge < -0.3 is 15.0 Å². The van der Waals surface area contributed by atoms with Gasteiger partial charge in [-0.3, -0.25) is 4.79 Å². The van der Waals surface area contributed by atoms with Gasteiger partial charge >= 0.3 is 0 Å². The number of nitrogens with zero attached hydrogens (tertiary/aromatic N) is 2.